The van der Waals surface area contributed by atoms with Crippen molar-refractivity contribution < 1.29 is 31.1 Å². The third-order valence-corrected chi connectivity index (χ3v) is 9.72. The molecule has 2 fully saturated rings. The van der Waals surface area contributed by atoms with E-state index in [1.807, 2.05) is 24.3 Å². The number of hydrogen-bond donors (Lipinski definition) is 2. The molecule has 0 unspecified atom stereocenters. The molecule has 0 aliphatic carbocycles. The third kappa shape index (κ3) is 7.63. The molecule has 2 aromatic rings. The summed E-state index contributed by atoms with van der Waals surface area (Å²) in [5, 5.41) is 6.41. The van der Waals surface area contributed by atoms with E-state index in [4.69, 9.17) is 4.74 Å². The predicted molar refractivity (Wildman–Crippen MR) is 146 cm³/mol. The molecular formula is C29H38F3N3O4S. The number of nitrogens with zero attached hydrogens (tertiary/aromatic N) is 1. The topological polar surface area (TPSA) is 87.7 Å². The minimum absolute atomic E-state index is 0.0667. The van der Waals surface area contributed by atoms with Gasteiger partial charge >= 0.3 is 6.18 Å². The second-order valence-corrected chi connectivity index (χ2v) is 12.8. The fourth-order valence-electron chi connectivity index (χ4n) is 5.22. The maximum atomic E-state index is 13.6. The SMILES string of the molecule is CC(C)c1ccc(CNC(=O)[C@H]2C[C@H](NCC3CCOCC3)CCN2S(=O)(=O)c2ccc(C(F)(F)F)cc2)cc1. The van der Waals surface area contributed by atoms with E-state index >= 15 is 0 Å². The van der Waals surface area contributed by atoms with Gasteiger partial charge < -0.3 is 15.4 Å². The highest BCUT2D eigenvalue weighted by molar-refractivity contribution is 7.89. The van der Waals surface area contributed by atoms with E-state index in [2.05, 4.69) is 24.5 Å². The van der Waals surface area contributed by atoms with E-state index < -0.39 is 33.7 Å². The molecule has 0 radical (unpaired) electrons. The number of hydrogen-bond acceptors (Lipinski definition) is 5. The third-order valence-electron chi connectivity index (χ3n) is 7.79. The van der Waals surface area contributed by atoms with Crippen molar-refractivity contribution in [2.45, 2.75) is 75.1 Å². The average Bonchev–Trinajstić information content (AvgIpc) is 2.95. The Labute approximate surface area is 234 Å². The van der Waals surface area contributed by atoms with Crippen molar-refractivity contribution in [2.24, 2.45) is 5.92 Å². The van der Waals surface area contributed by atoms with Crippen molar-refractivity contribution in [3.05, 3.63) is 65.2 Å². The molecule has 1 amide bonds. The summed E-state index contributed by atoms with van der Waals surface area (Å²) in [6.45, 7) is 6.71. The molecule has 4 rings (SSSR count). The second-order valence-electron chi connectivity index (χ2n) is 11.0. The number of piperidine rings is 1. The quantitative estimate of drug-likeness (QED) is 0.449. The number of sulfonamides is 1. The van der Waals surface area contributed by atoms with Crippen LogP contribution in [0.5, 0.6) is 0 Å². The summed E-state index contributed by atoms with van der Waals surface area (Å²) in [5.41, 5.74) is 1.13. The van der Waals surface area contributed by atoms with Crippen LogP contribution >= 0.6 is 0 Å². The van der Waals surface area contributed by atoms with Crippen molar-refractivity contribution >= 4 is 15.9 Å². The van der Waals surface area contributed by atoms with Crippen LogP contribution in [0.15, 0.2) is 53.4 Å². The molecule has 2 atom stereocenters. The van der Waals surface area contributed by atoms with Gasteiger partial charge in [-0.15, -0.1) is 0 Å². The van der Waals surface area contributed by atoms with Crippen LogP contribution < -0.4 is 10.6 Å². The Kier molecular flexibility index (Phi) is 9.92. The smallest absolute Gasteiger partial charge is 0.381 e. The van der Waals surface area contributed by atoms with Crippen molar-refractivity contribution in [3.63, 3.8) is 0 Å². The number of nitrogens with one attached hydrogen (secondary N) is 2. The first-order valence-electron chi connectivity index (χ1n) is 13.8. The lowest BCUT2D eigenvalue weighted by Crippen LogP contribution is -2.56. The van der Waals surface area contributed by atoms with Crippen LogP contribution in [0.1, 0.15) is 62.1 Å². The summed E-state index contributed by atoms with van der Waals surface area (Å²) in [5.74, 6) is 0.408. The molecule has 2 heterocycles. The standard InChI is InChI=1S/C29H38F3N3O4S/c1-20(2)23-5-3-21(4-6-23)19-34-28(36)27-17-25(33-18-22-12-15-39-16-13-22)11-14-35(27)40(37,38)26-9-7-24(8-10-26)29(30,31)32/h3-10,20,22,25,27,33H,11-19H2,1-2H3,(H,34,36)/t25-,27-/m1/s1. The normalized spacial score (nSPS) is 21.4. The van der Waals surface area contributed by atoms with E-state index in [-0.39, 0.29) is 30.4 Å². The first kappa shape index (κ1) is 30.5. The van der Waals surface area contributed by atoms with Crippen LogP contribution in [0.4, 0.5) is 13.2 Å². The first-order chi connectivity index (χ1) is 18.9. The molecule has 0 saturated carbocycles. The second kappa shape index (κ2) is 13.0. The Morgan fingerprint density at radius 3 is 2.27 bits per heavy atom. The van der Waals surface area contributed by atoms with Gasteiger partial charge in [-0.25, -0.2) is 8.42 Å². The van der Waals surface area contributed by atoms with Crippen LogP contribution in [0, 0.1) is 5.92 Å². The summed E-state index contributed by atoms with van der Waals surface area (Å²) in [4.78, 5) is 13.2. The van der Waals surface area contributed by atoms with Crippen LogP contribution in [0.2, 0.25) is 0 Å². The largest absolute Gasteiger partial charge is 0.416 e. The van der Waals surface area contributed by atoms with Gasteiger partial charge in [0.05, 0.1) is 10.5 Å². The van der Waals surface area contributed by atoms with E-state index in [1.165, 1.54) is 5.56 Å². The van der Waals surface area contributed by atoms with Gasteiger partial charge in [-0.3, -0.25) is 4.79 Å². The fraction of sp³-hybridized carbons (Fsp3) is 0.552. The molecule has 2 aliphatic heterocycles. The van der Waals surface area contributed by atoms with Crippen molar-refractivity contribution in [3.8, 4) is 0 Å². The van der Waals surface area contributed by atoms with Gasteiger partial charge in [0.25, 0.3) is 0 Å². The molecule has 2 aliphatic rings. The number of carbonyl (C=O) groups is 1. The van der Waals surface area contributed by atoms with E-state index in [1.54, 1.807) is 0 Å². The Hall–Kier alpha value is -2.47. The summed E-state index contributed by atoms with van der Waals surface area (Å²) in [7, 11) is -4.21. The molecule has 0 bridgehead atoms. The minimum atomic E-state index is -4.58. The molecule has 2 saturated heterocycles. The minimum Gasteiger partial charge on any atom is -0.381 e. The molecule has 0 aromatic heterocycles. The summed E-state index contributed by atoms with van der Waals surface area (Å²) < 4.78 is 72.9. The van der Waals surface area contributed by atoms with Gasteiger partial charge in [0.2, 0.25) is 15.9 Å². The first-order valence-corrected chi connectivity index (χ1v) is 15.3. The van der Waals surface area contributed by atoms with Gasteiger partial charge in [-0.2, -0.15) is 17.5 Å². The number of alkyl halides is 3. The molecule has 0 spiro atoms. The number of ether oxygens (including phenoxy) is 1. The highest BCUT2D eigenvalue weighted by Gasteiger charge is 2.41. The van der Waals surface area contributed by atoms with Gasteiger partial charge in [0.15, 0.2) is 0 Å². The molecule has 11 heteroatoms. The zero-order valence-corrected chi connectivity index (χ0v) is 23.7. The summed E-state index contributed by atoms with van der Waals surface area (Å²) in [6, 6.07) is 10.2. The van der Waals surface area contributed by atoms with Gasteiger partial charge in [0, 0.05) is 32.3 Å². The van der Waals surface area contributed by atoms with Crippen LogP contribution in [-0.2, 0) is 32.3 Å². The Balaban J connectivity index is 1.50. The summed E-state index contributed by atoms with van der Waals surface area (Å²) in [6.07, 6.45) is -1.92. The Morgan fingerprint density at radius 1 is 1.02 bits per heavy atom. The average molecular weight is 582 g/mol. The fourth-order valence-corrected chi connectivity index (χ4v) is 6.83. The summed E-state index contributed by atoms with van der Waals surface area (Å²) >= 11 is 0. The van der Waals surface area contributed by atoms with Crippen molar-refractivity contribution in [1.82, 2.24) is 14.9 Å². The van der Waals surface area contributed by atoms with Gasteiger partial charge in [-0.1, -0.05) is 38.1 Å². The van der Waals surface area contributed by atoms with Gasteiger partial charge in [-0.05, 0) is 79.5 Å². The zero-order valence-electron chi connectivity index (χ0n) is 22.9. The highest BCUT2D eigenvalue weighted by Crippen LogP contribution is 2.32. The van der Waals surface area contributed by atoms with Gasteiger partial charge in [0.1, 0.15) is 6.04 Å². The molecule has 7 nitrogen and oxygen atoms in total. The van der Waals surface area contributed by atoms with Crippen molar-refractivity contribution in [2.75, 3.05) is 26.3 Å². The van der Waals surface area contributed by atoms with E-state index in [0.29, 0.717) is 18.3 Å². The predicted octanol–water partition coefficient (Wildman–Crippen LogP) is 4.68. The maximum Gasteiger partial charge on any atom is 0.416 e. The maximum absolute atomic E-state index is 13.6. The number of rotatable bonds is 9. The van der Waals surface area contributed by atoms with Crippen LogP contribution in [-0.4, -0.2) is 57.0 Å². The van der Waals surface area contributed by atoms with E-state index in [9.17, 15) is 26.4 Å². The number of halogens is 3. The monoisotopic (exact) mass is 581 g/mol. The lowest BCUT2D eigenvalue weighted by atomic mass is 9.96. The lowest BCUT2D eigenvalue weighted by molar-refractivity contribution is -0.137. The molecule has 2 aromatic carbocycles. The molecule has 2 N–H and O–H groups in total. The number of amides is 1. The van der Waals surface area contributed by atoms with E-state index in [0.717, 1.165) is 66.7 Å². The molecule has 220 valence electrons. The Bertz CT molecular complexity index is 1230. The Morgan fingerprint density at radius 2 is 1.68 bits per heavy atom. The number of carbonyl (C=O) groups excluding carboxylic acids is 1. The highest BCUT2D eigenvalue weighted by atomic mass is 32.2. The lowest BCUT2D eigenvalue weighted by Gasteiger charge is -2.38. The van der Waals surface area contributed by atoms with Crippen LogP contribution in [0.25, 0.3) is 0 Å². The number of benzene rings is 2. The van der Waals surface area contributed by atoms with Crippen LogP contribution in [0.3, 0.4) is 0 Å². The molecular weight excluding hydrogens is 543 g/mol. The van der Waals surface area contributed by atoms with Crippen molar-refractivity contribution in [1.29, 1.82) is 0 Å². The zero-order chi connectivity index (χ0) is 28.9. The molecule has 40 heavy (non-hydrogen) atoms.